The molecule has 0 fully saturated rings. The molecule has 2 amide bonds. The number of rotatable bonds is 7. The number of ether oxygens (including phenoxy) is 2. The minimum atomic E-state index is -0.205. The minimum absolute atomic E-state index is 0.202. The fourth-order valence-electron chi connectivity index (χ4n) is 2.47. The third kappa shape index (κ3) is 4.91. The molecule has 0 saturated carbocycles. The molecule has 24 heavy (non-hydrogen) atoms. The van der Waals surface area contributed by atoms with Crippen molar-refractivity contribution in [3.8, 4) is 11.5 Å². The van der Waals surface area contributed by atoms with Gasteiger partial charge >= 0.3 is 6.03 Å². The van der Waals surface area contributed by atoms with Gasteiger partial charge in [0.15, 0.2) is 0 Å². The molecule has 0 heterocycles. The molecule has 2 aromatic rings. The van der Waals surface area contributed by atoms with Gasteiger partial charge in [-0.2, -0.15) is 0 Å². The average molecular weight is 328 g/mol. The van der Waals surface area contributed by atoms with Gasteiger partial charge in [0.2, 0.25) is 0 Å². The van der Waals surface area contributed by atoms with Crippen LogP contribution in [0.15, 0.2) is 48.5 Å². The van der Waals surface area contributed by atoms with E-state index < -0.39 is 0 Å². The topological polar surface area (TPSA) is 59.6 Å². The van der Waals surface area contributed by atoms with Gasteiger partial charge in [0, 0.05) is 12.1 Å². The lowest BCUT2D eigenvalue weighted by atomic mass is 10.1. The highest BCUT2D eigenvalue weighted by molar-refractivity contribution is 5.74. The molecule has 2 N–H and O–H groups in total. The van der Waals surface area contributed by atoms with Gasteiger partial charge in [0.05, 0.1) is 20.3 Å². The minimum Gasteiger partial charge on any atom is -0.497 e. The van der Waals surface area contributed by atoms with Crippen LogP contribution in [0.4, 0.5) is 4.79 Å². The normalized spacial score (nSPS) is 11.5. The molecule has 2 rings (SSSR count). The number of nitrogens with one attached hydrogen (secondary N) is 2. The summed E-state index contributed by atoms with van der Waals surface area (Å²) in [4.78, 5) is 12.1. The SMILES string of the molecule is COc1ccc(OC)c(C(C)NC(=O)NCCc2ccccc2)c1. The molecule has 128 valence electrons. The van der Waals surface area contributed by atoms with E-state index in [0.29, 0.717) is 12.3 Å². The van der Waals surface area contributed by atoms with E-state index >= 15 is 0 Å². The zero-order chi connectivity index (χ0) is 17.4. The lowest BCUT2D eigenvalue weighted by molar-refractivity contribution is 0.238. The van der Waals surface area contributed by atoms with Crippen LogP contribution >= 0.6 is 0 Å². The van der Waals surface area contributed by atoms with Gasteiger partial charge in [-0.05, 0) is 37.1 Å². The van der Waals surface area contributed by atoms with E-state index in [-0.39, 0.29) is 12.1 Å². The Kier molecular flexibility index (Phi) is 6.49. The van der Waals surface area contributed by atoms with E-state index in [4.69, 9.17) is 9.47 Å². The average Bonchev–Trinajstić information content (AvgIpc) is 2.62. The van der Waals surface area contributed by atoms with E-state index in [1.54, 1.807) is 14.2 Å². The van der Waals surface area contributed by atoms with Crippen molar-refractivity contribution < 1.29 is 14.3 Å². The summed E-state index contributed by atoms with van der Waals surface area (Å²) in [6.07, 6.45) is 0.797. The van der Waals surface area contributed by atoms with Gasteiger partial charge < -0.3 is 20.1 Å². The Labute approximate surface area is 143 Å². The van der Waals surface area contributed by atoms with Crippen LogP contribution in [0.25, 0.3) is 0 Å². The Bertz CT molecular complexity index is 659. The van der Waals surface area contributed by atoms with E-state index in [2.05, 4.69) is 10.6 Å². The summed E-state index contributed by atoms with van der Waals surface area (Å²) in [6.45, 7) is 2.49. The first-order chi connectivity index (χ1) is 11.6. The van der Waals surface area contributed by atoms with Crippen molar-refractivity contribution in [2.45, 2.75) is 19.4 Å². The highest BCUT2D eigenvalue weighted by Crippen LogP contribution is 2.29. The number of methoxy groups -OCH3 is 2. The molecular formula is C19H24N2O3. The third-order valence-electron chi connectivity index (χ3n) is 3.79. The predicted octanol–water partition coefficient (Wildman–Crippen LogP) is 3.31. The fourth-order valence-corrected chi connectivity index (χ4v) is 2.47. The molecule has 0 bridgehead atoms. The van der Waals surface area contributed by atoms with Crippen LogP contribution in [-0.4, -0.2) is 26.8 Å². The number of urea groups is 1. The largest absolute Gasteiger partial charge is 0.497 e. The van der Waals surface area contributed by atoms with Crippen molar-refractivity contribution in [2.75, 3.05) is 20.8 Å². The molecule has 0 aliphatic carbocycles. The van der Waals surface area contributed by atoms with E-state index in [0.717, 1.165) is 17.7 Å². The summed E-state index contributed by atoms with van der Waals surface area (Å²) in [5.41, 5.74) is 2.07. The lowest BCUT2D eigenvalue weighted by Gasteiger charge is -2.18. The predicted molar refractivity (Wildman–Crippen MR) is 94.6 cm³/mol. The second-order valence-corrected chi connectivity index (χ2v) is 5.47. The molecule has 0 aliphatic heterocycles. The van der Waals surface area contributed by atoms with Gasteiger partial charge in [0.25, 0.3) is 0 Å². The van der Waals surface area contributed by atoms with Crippen LogP contribution in [-0.2, 0) is 6.42 Å². The molecule has 5 heteroatoms. The molecule has 0 aromatic heterocycles. The monoisotopic (exact) mass is 328 g/mol. The van der Waals surface area contributed by atoms with Gasteiger partial charge in [0.1, 0.15) is 11.5 Å². The molecule has 1 unspecified atom stereocenters. The van der Waals surface area contributed by atoms with E-state index in [1.807, 2.05) is 55.5 Å². The van der Waals surface area contributed by atoms with Crippen molar-refractivity contribution in [1.82, 2.24) is 10.6 Å². The Morgan fingerprint density at radius 2 is 1.83 bits per heavy atom. The zero-order valence-corrected chi connectivity index (χ0v) is 14.3. The maximum Gasteiger partial charge on any atom is 0.315 e. The molecule has 2 aromatic carbocycles. The van der Waals surface area contributed by atoms with Crippen LogP contribution in [0.1, 0.15) is 24.1 Å². The fraction of sp³-hybridized carbons (Fsp3) is 0.316. The summed E-state index contributed by atoms with van der Waals surface area (Å²) in [7, 11) is 3.22. The van der Waals surface area contributed by atoms with Crippen LogP contribution in [0.3, 0.4) is 0 Å². The molecule has 5 nitrogen and oxygen atoms in total. The summed E-state index contributed by atoms with van der Waals surface area (Å²) in [5, 5.41) is 5.80. The molecule has 1 atom stereocenters. The van der Waals surface area contributed by atoms with E-state index in [9.17, 15) is 4.79 Å². The number of hydrogen-bond donors (Lipinski definition) is 2. The summed E-state index contributed by atoms with van der Waals surface area (Å²) >= 11 is 0. The number of carbonyl (C=O) groups excluding carboxylic acids is 1. The van der Waals surface area contributed by atoms with Crippen LogP contribution in [0, 0.1) is 0 Å². The first-order valence-corrected chi connectivity index (χ1v) is 7.94. The van der Waals surface area contributed by atoms with Crippen molar-refractivity contribution in [3.63, 3.8) is 0 Å². The maximum absolute atomic E-state index is 12.1. The molecule has 0 saturated heterocycles. The smallest absolute Gasteiger partial charge is 0.315 e. The number of carbonyl (C=O) groups is 1. The van der Waals surface area contributed by atoms with Crippen LogP contribution in [0.2, 0.25) is 0 Å². The Morgan fingerprint density at radius 1 is 1.08 bits per heavy atom. The quantitative estimate of drug-likeness (QED) is 0.820. The van der Waals surface area contributed by atoms with Gasteiger partial charge in [-0.25, -0.2) is 4.79 Å². The summed E-state index contributed by atoms with van der Waals surface area (Å²) < 4.78 is 10.6. The van der Waals surface area contributed by atoms with Crippen molar-refractivity contribution in [3.05, 3.63) is 59.7 Å². The lowest BCUT2D eigenvalue weighted by Crippen LogP contribution is -2.38. The second-order valence-electron chi connectivity index (χ2n) is 5.47. The van der Waals surface area contributed by atoms with Crippen LogP contribution < -0.4 is 20.1 Å². The van der Waals surface area contributed by atoms with Crippen molar-refractivity contribution >= 4 is 6.03 Å². The number of hydrogen-bond acceptors (Lipinski definition) is 3. The third-order valence-corrected chi connectivity index (χ3v) is 3.79. The first-order valence-electron chi connectivity index (χ1n) is 7.94. The van der Waals surface area contributed by atoms with Crippen molar-refractivity contribution in [1.29, 1.82) is 0 Å². The number of amides is 2. The molecule has 0 aliphatic rings. The molecule has 0 radical (unpaired) electrons. The Balaban J connectivity index is 1.89. The van der Waals surface area contributed by atoms with Gasteiger partial charge in [-0.3, -0.25) is 0 Å². The summed E-state index contributed by atoms with van der Waals surface area (Å²) in [5.74, 6) is 1.44. The second kappa shape index (κ2) is 8.82. The van der Waals surface area contributed by atoms with Gasteiger partial charge in [-0.1, -0.05) is 30.3 Å². The maximum atomic E-state index is 12.1. The van der Waals surface area contributed by atoms with Crippen LogP contribution in [0.5, 0.6) is 11.5 Å². The molecule has 0 spiro atoms. The van der Waals surface area contributed by atoms with Gasteiger partial charge in [-0.15, -0.1) is 0 Å². The number of benzene rings is 2. The Morgan fingerprint density at radius 3 is 2.50 bits per heavy atom. The highest BCUT2D eigenvalue weighted by Gasteiger charge is 2.15. The highest BCUT2D eigenvalue weighted by atomic mass is 16.5. The zero-order valence-electron chi connectivity index (χ0n) is 14.3. The first kappa shape index (κ1) is 17.7. The molecular weight excluding hydrogens is 304 g/mol. The van der Waals surface area contributed by atoms with Crippen molar-refractivity contribution in [2.24, 2.45) is 0 Å². The summed E-state index contributed by atoms with van der Waals surface area (Å²) in [6, 6.07) is 15.2. The standard InChI is InChI=1S/C19H24N2O3/c1-14(17-13-16(23-2)9-10-18(17)24-3)21-19(22)20-12-11-15-7-5-4-6-8-15/h4-10,13-14H,11-12H2,1-3H3,(H2,20,21,22). The Hall–Kier alpha value is -2.69. The van der Waals surface area contributed by atoms with E-state index in [1.165, 1.54) is 5.56 Å².